The zero-order chi connectivity index (χ0) is 20.5. The van der Waals surface area contributed by atoms with Crippen molar-refractivity contribution in [1.82, 2.24) is 9.88 Å². The molecule has 0 fully saturated rings. The zero-order valence-corrected chi connectivity index (χ0v) is 17.4. The summed E-state index contributed by atoms with van der Waals surface area (Å²) >= 11 is 5.96. The molecule has 1 aliphatic heterocycles. The largest absolute Gasteiger partial charge is 0.495 e. The SMILES string of the molecule is COc1ccc(Cl)cc1S(=O)(=O)Cc1cnc2c(c1)C(=O)N(C(C)C)CCO2. The summed E-state index contributed by atoms with van der Waals surface area (Å²) in [4.78, 5) is 18.7. The van der Waals surface area contributed by atoms with E-state index in [0.29, 0.717) is 18.7 Å². The third kappa shape index (κ3) is 4.07. The minimum absolute atomic E-state index is 0.00911. The van der Waals surface area contributed by atoms with Crippen LogP contribution in [0.15, 0.2) is 35.4 Å². The Morgan fingerprint density at radius 3 is 2.75 bits per heavy atom. The molecule has 3 rings (SSSR count). The number of hydrogen-bond acceptors (Lipinski definition) is 6. The van der Waals surface area contributed by atoms with Crippen molar-refractivity contribution in [2.75, 3.05) is 20.3 Å². The van der Waals surface area contributed by atoms with E-state index < -0.39 is 9.84 Å². The molecular weight excluding hydrogens is 404 g/mol. The lowest BCUT2D eigenvalue weighted by atomic mass is 10.1. The third-order valence-corrected chi connectivity index (χ3v) is 6.35. The van der Waals surface area contributed by atoms with Crippen molar-refractivity contribution in [2.45, 2.75) is 30.5 Å². The number of rotatable bonds is 5. The topological polar surface area (TPSA) is 85.8 Å². The maximum Gasteiger partial charge on any atom is 0.259 e. The smallest absolute Gasteiger partial charge is 0.259 e. The quantitative estimate of drug-likeness (QED) is 0.733. The molecule has 0 bridgehead atoms. The molecule has 7 nitrogen and oxygen atoms in total. The predicted octanol–water partition coefficient (Wildman–Crippen LogP) is 2.96. The summed E-state index contributed by atoms with van der Waals surface area (Å²) in [6.45, 7) is 4.60. The molecular formula is C19H21ClN2O5S. The second-order valence-corrected chi connectivity index (χ2v) is 9.09. The van der Waals surface area contributed by atoms with E-state index in [2.05, 4.69) is 4.98 Å². The number of amides is 1. The van der Waals surface area contributed by atoms with E-state index in [1.54, 1.807) is 11.0 Å². The van der Waals surface area contributed by atoms with E-state index in [9.17, 15) is 13.2 Å². The minimum Gasteiger partial charge on any atom is -0.495 e. The predicted molar refractivity (Wildman–Crippen MR) is 105 cm³/mol. The molecule has 0 spiro atoms. The van der Waals surface area contributed by atoms with Crippen LogP contribution in [0.25, 0.3) is 0 Å². The van der Waals surface area contributed by atoms with Gasteiger partial charge in [-0.1, -0.05) is 11.6 Å². The van der Waals surface area contributed by atoms with Crippen LogP contribution in [0.1, 0.15) is 29.8 Å². The first-order valence-corrected chi connectivity index (χ1v) is 10.7. The van der Waals surface area contributed by atoms with Crippen molar-refractivity contribution < 1.29 is 22.7 Å². The fourth-order valence-electron chi connectivity index (χ4n) is 3.02. The Bertz CT molecular complexity index is 1010. The van der Waals surface area contributed by atoms with Gasteiger partial charge in [-0.25, -0.2) is 13.4 Å². The van der Waals surface area contributed by atoms with Gasteiger partial charge >= 0.3 is 0 Å². The standard InChI is InChI=1S/C19H21ClN2O5S/c1-12(2)22-6-7-27-18-15(19(22)23)8-13(10-21-18)11-28(24,25)17-9-14(20)4-5-16(17)26-3/h4-5,8-10,12H,6-7,11H2,1-3H3. The highest BCUT2D eigenvalue weighted by molar-refractivity contribution is 7.90. The second-order valence-electron chi connectivity index (χ2n) is 6.69. The number of aromatic nitrogens is 1. The van der Waals surface area contributed by atoms with Crippen LogP contribution in [-0.4, -0.2) is 50.5 Å². The number of halogens is 1. The molecule has 0 atom stereocenters. The first kappa shape index (κ1) is 20.4. The average molecular weight is 425 g/mol. The van der Waals surface area contributed by atoms with Crippen LogP contribution in [0.2, 0.25) is 5.02 Å². The Kier molecular flexibility index (Phi) is 5.81. The van der Waals surface area contributed by atoms with Crippen molar-refractivity contribution in [3.05, 3.63) is 46.6 Å². The van der Waals surface area contributed by atoms with Gasteiger partial charge in [0.25, 0.3) is 5.91 Å². The molecule has 0 unspecified atom stereocenters. The molecule has 1 amide bonds. The van der Waals surface area contributed by atoms with Crippen LogP contribution >= 0.6 is 11.6 Å². The first-order chi connectivity index (χ1) is 13.2. The number of ether oxygens (including phenoxy) is 2. The number of hydrogen-bond donors (Lipinski definition) is 0. The Labute approximate surface area is 169 Å². The molecule has 9 heteroatoms. The van der Waals surface area contributed by atoms with Gasteiger partial charge in [0.05, 0.1) is 19.4 Å². The summed E-state index contributed by atoms with van der Waals surface area (Å²) in [7, 11) is -2.39. The van der Waals surface area contributed by atoms with Crippen LogP contribution in [0.3, 0.4) is 0 Å². The molecule has 1 aromatic carbocycles. The Morgan fingerprint density at radius 2 is 2.07 bits per heavy atom. The van der Waals surface area contributed by atoms with Crippen LogP contribution in [0, 0.1) is 0 Å². The molecule has 2 heterocycles. The van der Waals surface area contributed by atoms with Crippen molar-refractivity contribution in [1.29, 1.82) is 0 Å². The van der Waals surface area contributed by atoms with Gasteiger partial charge in [0.2, 0.25) is 5.88 Å². The fraction of sp³-hybridized carbons (Fsp3) is 0.368. The summed E-state index contributed by atoms with van der Waals surface area (Å²) in [6, 6.07) is 5.92. The first-order valence-electron chi connectivity index (χ1n) is 8.72. The molecule has 0 aliphatic carbocycles. The van der Waals surface area contributed by atoms with Crippen molar-refractivity contribution in [2.24, 2.45) is 0 Å². The highest BCUT2D eigenvalue weighted by atomic mass is 35.5. The van der Waals surface area contributed by atoms with Gasteiger partial charge in [0.1, 0.15) is 22.8 Å². The number of methoxy groups -OCH3 is 1. The summed E-state index contributed by atoms with van der Waals surface area (Å²) in [5.41, 5.74) is 0.639. The molecule has 0 saturated heterocycles. The molecule has 0 radical (unpaired) electrons. The monoisotopic (exact) mass is 424 g/mol. The maximum absolute atomic E-state index is 12.9. The fourth-order valence-corrected chi connectivity index (χ4v) is 4.78. The zero-order valence-electron chi connectivity index (χ0n) is 15.8. The van der Waals surface area contributed by atoms with Crippen LogP contribution in [0.5, 0.6) is 11.6 Å². The number of nitrogens with zero attached hydrogens (tertiary/aromatic N) is 2. The van der Waals surface area contributed by atoms with E-state index in [0.717, 1.165) is 0 Å². The lowest BCUT2D eigenvalue weighted by Gasteiger charge is -2.24. The molecule has 1 aliphatic rings. The highest BCUT2D eigenvalue weighted by Gasteiger charge is 2.28. The van der Waals surface area contributed by atoms with Gasteiger partial charge in [0, 0.05) is 17.3 Å². The van der Waals surface area contributed by atoms with Gasteiger partial charge < -0.3 is 14.4 Å². The number of benzene rings is 1. The summed E-state index contributed by atoms with van der Waals surface area (Å²) in [6.07, 6.45) is 1.41. The summed E-state index contributed by atoms with van der Waals surface area (Å²) in [5.74, 6) is -0.152. The Morgan fingerprint density at radius 1 is 1.32 bits per heavy atom. The number of pyridine rings is 1. The number of carbonyl (C=O) groups is 1. The number of fused-ring (bicyclic) bond motifs is 1. The van der Waals surface area contributed by atoms with Crippen molar-refractivity contribution in [3.8, 4) is 11.6 Å². The summed E-state index contributed by atoms with van der Waals surface area (Å²) < 4.78 is 36.6. The highest BCUT2D eigenvalue weighted by Crippen LogP contribution is 2.30. The molecule has 1 aromatic heterocycles. The van der Waals surface area contributed by atoms with Gasteiger partial charge in [0.15, 0.2) is 9.84 Å². The van der Waals surface area contributed by atoms with E-state index in [4.69, 9.17) is 21.1 Å². The van der Waals surface area contributed by atoms with Crippen molar-refractivity contribution in [3.63, 3.8) is 0 Å². The molecule has 2 aromatic rings. The number of carbonyl (C=O) groups excluding carboxylic acids is 1. The Hall–Kier alpha value is -2.32. The van der Waals surface area contributed by atoms with Crippen molar-refractivity contribution >= 4 is 27.3 Å². The van der Waals surface area contributed by atoms with Crippen LogP contribution < -0.4 is 9.47 Å². The second kappa shape index (κ2) is 7.97. The van der Waals surface area contributed by atoms with Gasteiger partial charge in [-0.3, -0.25) is 4.79 Å². The van der Waals surface area contributed by atoms with E-state index in [-0.39, 0.29) is 44.8 Å². The van der Waals surface area contributed by atoms with E-state index >= 15 is 0 Å². The normalized spacial score (nSPS) is 14.5. The van der Waals surface area contributed by atoms with Gasteiger partial charge in [-0.15, -0.1) is 0 Å². The minimum atomic E-state index is -3.78. The molecule has 28 heavy (non-hydrogen) atoms. The number of sulfone groups is 1. The Balaban J connectivity index is 1.97. The average Bonchev–Trinajstić information content (AvgIpc) is 2.80. The van der Waals surface area contributed by atoms with E-state index in [1.165, 1.54) is 31.5 Å². The van der Waals surface area contributed by atoms with Gasteiger partial charge in [-0.2, -0.15) is 0 Å². The van der Waals surface area contributed by atoms with Gasteiger partial charge in [-0.05, 0) is 43.7 Å². The molecule has 0 saturated carbocycles. The maximum atomic E-state index is 12.9. The van der Waals surface area contributed by atoms with Crippen LogP contribution in [-0.2, 0) is 15.6 Å². The molecule has 150 valence electrons. The van der Waals surface area contributed by atoms with E-state index in [1.807, 2.05) is 13.8 Å². The molecule has 0 N–H and O–H groups in total. The summed E-state index contributed by atoms with van der Waals surface area (Å²) in [5, 5.41) is 0.288. The lowest BCUT2D eigenvalue weighted by Crippen LogP contribution is -2.38. The van der Waals surface area contributed by atoms with Crippen LogP contribution in [0.4, 0.5) is 0 Å². The third-order valence-electron chi connectivity index (χ3n) is 4.41. The lowest BCUT2D eigenvalue weighted by molar-refractivity contribution is 0.0704.